The summed E-state index contributed by atoms with van der Waals surface area (Å²) >= 11 is 0. The molecule has 3 rings (SSSR count). The Balaban J connectivity index is 1.60. The normalized spacial score (nSPS) is 17.2. The molecular formula is C19H19FN2O2. The Hall–Kier alpha value is -2.69. The van der Waals surface area contributed by atoms with E-state index in [0.717, 1.165) is 16.8 Å². The van der Waals surface area contributed by atoms with Crippen LogP contribution in [0.25, 0.3) is 0 Å². The molecule has 1 aliphatic rings. The highest BCUT2D eigenvalue weighted by molar-refractivity contribution is 5.97. The third kappa shape index (κ3) is 3.79. The molecule has 1 heterocycles. The van der Waals surface area contributed by atoms with Gasteiger partial charge < -0.3 is 10.2 Å². The van der Waals surface area contributed by atoms with Crippen LogP contribution in [0.5, 0.6) is 0 Å². The van der Waals surface area contributed by atoms with Crippen molar-refractivity contribution in [1.82, 2.24) is 4.90 Å². The molecule has 1 unspecified atom stereocenters. The van der Waals surface area contributed by atoms with E-state index in [1.54, 1.807) is 17.0 Å². The van der Waals surface area contributed by atoms with Crippen molar-refractivity contribution in [3.63, 3.8) is 0 Å². The van der Waals surface area contributed by atoms with Gasteiger partial charge in [0.1, 0.15) is 5.82 Å². The highest BCUT2D eigenvalue weighted by Gasteiger charge is 2.34. The molecule has 0 radical (unpaired) electrons. The standard InChI is InChI=1S/C19H19FN2O2/c1-13-2-8-17(9-3-13)21-19(24)15-10-18(23)22(12-15)11-14-4-6-16(20)7-5-14/h2-9,15H,10-12H2,1H3,(H,21,24). The van der Waals surface area contributed by atoms with Crippen LogP contribution in [0.15, 0.2) is 48.5 Å². The number of rotatable bonds is 4. The number of anilines is 1. The van der Waals surface area contributed by atoms with Crippen molar-refractivity contribution in [3.05, 3.63) is 65.5 Å². The Bertz CT molecular complexity index is 741. The molecule has 2 aromatic rings. The first-order valence-corrected chi connectivity index (χ1v) is 7.91. The lowest BCUT2D eigenvalue weighted by Gasteiger charge is -2.16. The van der Waals surface area contributed by atoms with Crippen LogP contribution < -0.4 is 5.32 Å². The fourth-order valence-corrected chi connectivity index (χ4v) is 2.79. The van der Waals surface area contributed by atoms with Gasteiger partial charge in [0.25, 0.3) is 0 Å². The Labute approximate surface area is 140 Å². The predicted octanol–water partition coefficient (Wildman–Crippen LogP) is 3.12. The molecule has 0 spiro atoms. The minimum atomic E-state index is -0.362. The number of carbonyl (C=O) groups excluding carboxylic acids is 2. The SMILES string of the molecule is Cc1ccc(NC(=O)C2CC(=O)N(Cc3ccc(F)cc3)C2)cc1. The molecule has 1 atom stereocenters. The molecule has 2 aromatic carbocycles. The Kier molecular flexibility index (Phi) is 4.60. The van der Waals surface area contributed by atoms with Crippen molar-refractivity contribution in [2.24, 2.45) is 5.92 Å². The van der Waals surface area contributed by atoms with E-state index in [0.29, 0.717) is 13.1 Å². The van der Waals surface area contributed by atoms with Gasteiger partial charge in [0.15, 0.2) is 0 Å². The van der Waals surface area contributed by atoms with Crippen LogP contribution in [-0.4, -0.2) is 23.3 Å². The number of hydrogen-bond acceptors (Lipinski definition) is 2. The number of hydrogen-bond donors (Lipinski definition) is 1. The van der Waals surface area contributed by atoms with Gasteiger partial charge in [-0.2, -0.15) is 0 Å². The summed E-state index contributed by atoms with van der Waals surface area (Å²) in [6, 6.07) is 13.6. The van der Waals surface area contributed by atoms with Crippen molar-refractivity contribution in [1.29, 1.82) is 0 Å². The van der Waals surface area contributed by atoms with E-state index >= 15 is 0 Å². The van der Waals surface area contributed by atoms with E-state index in [-0.39, 0.29) is 30.0 Å². The van der Waals surface area contributed by atoms with Gasteiger partial charge in [0.05, 0.1) is 5.92 Å². The Morgan fingerprint density at radius 2 is 1.83 bits per heavy atom. The number of likely N-dealkylation sites (tertiary alicyclic amines) is 1. The third-order valence-corrected chi connectivity index (χ3v) is 4.19. The van der Waals surface area contributed by atoms with Crippen molar-refractivity contribution in [2.75, 3.05) is 11.9 Å². The molecule has 24 heavy (non-hydrogen) atoms. The zero-order valence-corrected chi connectivity index (χ0v) is 13.5. The summed E-state index contributed by atoms with van der Waals surface area (Å²) in [5, 5.41) is 2.86. The lowest BCUT2D eigenvalue weighted by molar-refractivity contribution is -0.128. The topological polar surface area (TPSA) is 49.4 Å². The van der Waals surface area contributed by atoms with Gasteiger partial charge in [0.2, 0.25) is 11.8 Å². The molecule has 1 N–H and O–H groups in total. The summed E-state index contributed by atoms with van der Waals surface area (Å²) in [5.41, 5.74) is 2.70. The molecule has 5 heteroatoms. The average molecular weight is 326 g/mol. The number of aryl methyl sites for hydroxylation is 1. The van der Waals surface area contributed by atoms with Gasteiger partial charge in [-0.25, -0.2) is 4.39 Å². The Morgan fingerprint density at radius 3 is 2.50 bits per heavy atom. The highest BCUT2D eigenvalue weighted by Crippen LogP contribution is 2.22. The van der Waals surface area contributed by atoms with Crippen molar-refractivity contribution >= 4 is 17.5 Å². The molecule has 1 fully saturated rings. The van der Waals surface area contributed by atoms with E-state index in [2.05, 4.69) is 5.32 Å². The number of benzene rings is 2. The van der Waals surface area contributed by atoms with Crippen LogP contribution >= 0.6 is 0 Å². The van der Waals surface area contributed by atoms with Gasteiger partial charge in [-0.1, -0.05) is 29.8 Å². The number of nitrogens with one attached hydrogen (secondary N) is 1. The number of halogens is 1. The van der Waals surface area contributed by atoms with E-state index in [9.17, 15) is 14.0 Å². The zero-order valence-electron chi connectivity index (χ0n) is 13.5. The third-order valence-electron chi connectivity index (χ3n) is 4.19. The van der Waals surface area contributed by atoms with Gasteiger partial charge in [-0.15, -0.1) is 0 Å². The first kappa shape index (κ1) is 16.2. The van der Waals surface area contributed by atoms with Gasteiger partial charge in [-0.3, -0.25) is 9.59 Å². The summed E-state index contributed by atoms with van der Waals surface area (Å²) in [6.07, 6.45) is 0.207. The molecule has 124 valence electrons. The van der Waals surface area contributed by atoms with Crippen molar-refractivity contribution in [3.8, 4) is 0 Å². The van der Waals surface area contributed by atoms with E-state index in [4.69, 9.17) is 0 Å². The lowest BCUT2D eigenvalue weighted by Crippen LogP contribution is -2.28. The van der Waals surface area contributed by atoms with Crippen LogP contribution in [-0.2, 0) is 16.1 Å². The zero-order chi connectivity index (χ0) is 17.1. The average Bonchev–Trinajstić information content (AvgIpc) is 2.93. The molecule has 0 aromatic heterocycles. The summed E-state index contributed by atoms with van der Waals surface area (Å²) in [5.74, 6) is -0.863. The molecule has 0 aliphatic carbocycles. The minimum absolute atomic E-state index is 0.0524. The molecule has 4 nitrogen and oxygen atoms in total. The maximum Gasteiger partial charge on any atom is 0.229 e. The van der Waals surface area contributed by atoms with Crippen LogP contribution in [0.3, 0.4) is 0 Å². The number of carbonyl (C=O) groups is 2. The first-order valence-electron chi connectivity index (χ1n) is 7.91. The quantitative estimate of drug-likeness (QED) is 0.938. The Morgan fingerprint density at radius 1 is 1.17 bits per heavy atom. The second-order valence-corrected chi connectivity index (χ2v) is 6.16. The number of amides is 2. The highest BCUT2D eigenvalue weighted by atomic mass is 19.1. The lowest BCUT2D eigenvalue weighted by atomic mass is 10.1. The predicted molar refractivity (Wildman–Crippen MR) is 89.7 cm³/mol. The molecule has 0 saturated carbocycles. The minimum Gasteiger partial charge on any atom is -0.338 e. The molecule has 1 aliphatic heterocycles. The summed E-state index contributed by atoms with van der Waals surface area (Å²) < 4.78 is 12.9. The first-order chi connectivity index (χ1) is 11.5. The summed E-state index contributed by atoms with van der Waals surface area (Å²) in [4.78, 5) is 26.1. The molecule has 0 bridgehead atoms. The van der Waals surface area contributed by atoms with Crippen LogP contribution in [0.2, 0.25) is 0 Å². The largest absolute Gasteiger partial charge is 0.338 e. The van der Waals surface area contributed by atoms with E-state index in [1.165, 1.54) is 12.1 Å². The van der Waals surface area contributed by atoms with E-state index in [1.807, 2.05) is 31.2 Å². The van der Waals surface area contributed by atoms with Crippen LogP contribution in [0, 0.1) is 18.7 Å². The van der Waals surface area contributed by atoms with Gasteiger partial charge >= 0.3 is 0 Å². The maximum atomic E-state index is 12.9. The second kappa shape index (κ2) is 6.83. The molecule has 2 amide bonds. The monoisotopic (exact) mass is 326 g/mol. The second-order valence-electron chi connectivity index (χ2n) is 6.16. The van der Waals surface area contributed by atoms with E-state index < -0.39 is 0 Å². The smallest absolute Gasteiger partial charge is 0.229 e. The fraction of sp³-hybridized carbons (Fsp3) is 0.263. The fourth-order valence-electron chi connectivity index (χ4n) is 2.79. The molecular weight excluding hydrogens is 307 g/mol. The van der Waals surface area contributed by atoms with Gasteiger partial charge in [0, 0.05) is 25.2 Å². The van der Waals surface area contributed by atoms with Crippen LogP contribution in [0.1, 0.15) is 17.5 Å². The molecule has 1 saturated heterocycles. The summed E-state index contributed by atoms with van der Waals surface area (Å²) in [6.45, 7) is 2.76. The van der Waals surface area contributed by atoms with Crippen molar-refractivity contribution < 1.29 is 14.0 Å². The maximum absolute atomic E-state index is 12.9. The number of nitrogens with zero attached hydrogens (tertiary/aromatic N) is 1. The van der Waals surface area contributed by atoms with Crippen molar-refractivity contribution in [2.45, 2.75) is 19.9 Å². The summed E-state index contributed by atoms with van der Waals surface area (Å²) in [7, 11) is 0. The van der Waals surface area contributed by atoms with Gasteiger partial charge in [-0.05, 0) is 36.8 Å². The van der Waals surface area contributed by atoms with Crippen LogP contribution in [0.4, 0.5) is 10.1 Å².